The molecule has 0 aliphatic heterocycles. The van der Waals surface area contributed by atoms with Gasteiger partial charge in [0.15, 0.2) is 0 Å². The maximum Gasteiger partial charge on any atom is 0.0573 e. The third-order valence-corrected chi connectivity index (χ3v) is 4.56. The normalized spacial score (nSPS) is 34.0. The van der Waals surface area contributed by atoms with Crippen LogP contribution in [-0.2, 0) is 0 Å². The molecule has 2 aliphatic rings. The van der Waals surface area contributed by atoms with E-state index in [2.05, 4.69) is 20.8 Å². The highest BCUT2D eigenvalue weighted by Gasteiger charge is 2.28. The van der Waals surface area contributed by atoms with Gasteiger partial charge in [0.05, 0.1) is 12.2 Å². The first-order valence-electron chi connectivity index (χ1n) is 7.86. The van der Waals surface area contributed by atoms with Gasteiger partial charge in [0.2, 0.25) is 0 Å². The Balaban J connectivity index is 0.000000199. The molecule has 0 aromatic carbocycles. The fourth-order valence-corrected chi connectivity index (χ4v) is 3.23. The van der Waals surface area contributed by atoms with Gasteiger partial charge in [-0.2, -0.15) is 0 Å². The van der Waals surface area contributed by atoms with Crippen molar-refractivity contribution in [2.75, 3.05) is 0 Å². The molecule has 3 atom stereocenters. The minimum Gasteiger partial charge on any atom is -0.393 e. The number of hydrogen-bond donors (Lipinski definition) is 2. The highest BCUT2D eigenvalue weighted by molar-refractivity contribution is 4.79. The minimum absolute atomic E-state index is 0.0289. The Morgan fingerprint density at radius 3 is 1.89 bits per heavy atom. The zero-order valence-corrected chi connectivity index (χ0v) is 12.4. The average Bonchev–Trinajstić information content (AvgIpc) is 2.30. The summed E-state index contributed by atoms with van der Waals surface area (Å²) in [6.07, 6.45) is 9.44. The van der Waals surface area contributed by atoms with E-state index in [-0.39, 0.29) is 12.2 Å². The maximum atomic E-state index is 9.71. The Morgan fingerprint density at radius 2 is 1.50 bits per heavy atom. The summed E-state index contributed by atoms with van der Waals surface area (Å²) in [6, 6.07) is 0. The minimum atomic E-state index is -0.0289. The molecule has 2 saturated carbocycles. The number of rotatable bonds is 1. The second-order valence-electron chi connectivity index (χ2n) is 6.69. The molecule has 2 N–H and O–H groups in total. The topological polar surface area (TPSA) is 40.5 Å². The van der Waals surface area contributed by atoms with E-state index < -0.39 is 0 Å². The molecule has 2 fully saturated rings. The summed E-state index contributed by atoms with van der Waals surface area (Å²) < 4.78 is 0. The smallest absolute Gasteiger partial charge is 0.0573 e. The van der Waals surface area contributed by atoms with Gasteiger partial charge in [0.1, 0.15) is 0 Å². The van der Waals surface area contributed by atoms with E-state index in [1.54, 1.807) is 0 Å². The van der Waals surface area contributed by atoms with Gasteiger partial charge in [-0.25, -0.2) is 0 Å². The predicted octanol–water partition coefficient (Wildman–Crippen LogP) is 3.75. The molecule has 2 heteroatoms. The first-order chi connectivity index (χ1) is 8.50. The summed E-state index contributed by atoms with van der Waals surface area (Å²) in [5.74, 6) is 1.95. The van der Waals surface area contributed by atoms with E-state index in [0.29, 0.717) is 11.8 Å². The third kappa shape index (κ3) is 5.71. The van der Waals surface area contributed by atoms with Gasteiger partial charge in [0, 0.05) is 0 Å². The van der Waals surface area contributed by atoms with Crippen LogP contribution in [0, 0.1) is 17.8 Å². The molecule has 0 heterocycles. The maximum absolute atomic E-state index is 9.71. The summed E-state index contributed by atoms with van der Waals surface area (Å²) >= 11 is 0. The van der Waals surface area contributed by atoms with Crippen molar-refractivity contribution in [3.05, 3.63) is 0 Å². The molecule has 0 saturated heterocycles. The molecular weight excluding hydrogens is 224 g/mol. The first kappa shape index (κ1) is 16.0. The summed E-state index contributed by atoms with van der Waals surface area (Å²) in [4.78, 5) is 0. The quantitative estimate of drug-likeness (QED) is 0.750. The highest BCUT2D eigenvalue weighted by atomic mass is 16.3. The molecule has 2 rings (SSSR count). The lowest BCUT2D eigenvalue weighted by molar-refractivity contribution is 0.0266. The lowest BCUT2D eigenvalue weighted by Gasteiger charge is -2.33. The molecule has 18 heavy (non-hydrogen) atoms. The fraction of sp³-hybridized carbons (Fsp3) is 1.00. The van der Waals surface area contributed by atoms with Crippen LogP contribution in [0.3, 0.4) is 0 Å². The summed E-state index contributed by atoms with van der Waals surface area (Å²) in [5, 5.41) is 18.6. The van der Waals surface area contributed by atoms with E-state index in [9.17, 15) is 5.11 Å². The van der Waals surface area contributed by atoms with Gasteiger partial charge in [-0.3, -0.25) is 0 Å². The van der Waals surface area contributed by atoms with Crippen molar-refractivity contribution in [2.45, 2.75) is 84.3 Å². The van der Waals surface area contributed by atoms with Crippen molar-refractivity contribution >= 4 is 0 Å². The van der Waals surface area contributed by atoms with Crippen LogP contribution in [0.4, 0.5) is 0 Å². The number of aliphatic hydroxyl groups is 2. The Labute approximate surface area is 113 Å². The zero-order valence-electron chi connectivity index (χ0n) is 12.4. The van der Waals surface area contributed by atoms with Crippen molar-refractivity contribution < 1.29 is 10.2 Å². The predicted molar refractivity (Wildman–Crippen MR) is 76.4 cm³/mol. The van der Waals surface area contributed by atoms with Crippen molar-refractivity contribution in [3.63, 3.8) is 0 Å². The van der Waals surface area contributed by atoms with Crippen LogP contribution in [0.2, 0.25) is 0 Å². The molecule has 2 aliphatic carbocycles. The fourth-order valence-electron chi connectivity index (χ4n) is 3.23. The average molecular weight is 256 g/mol. The Kier molecular flexibility index (Phi) is 7.25. The summed E-state index contributed by atoms with van der Waals surface area (Å²) in [7, 11) is 0. The van der Waals surface area contributed by atoms with Gasteiger partial charge in [0.25, 0.3) is 0 Å². The van der Waals surface area contributed by atoms with Gasteiger partial charge >= 0.3 is 0 Å². The Morgan fingerprint density at radius 1 is 0.889 bits per heavy atom. The second kappa shape index (κ2) is 8.16. The van der Waals surface area contributed by atoms with Gasteiger partial charge in [-0.15, -0.1) is 0 Å². The number of hydrogen-bond acceptors (Lipinski definition) is 2. The molecule has 2 nitrogen and oxygen atoms in total. The number of aliphatic hydroxyl groups excluding tert-OH is 2. The van der Waals surface area contributed by atoms with Crippen molar-refractivity contribution in [3.8, 4) is 0 Å². The third-order valence-electron chi connectivity index (χ3n) is 4.56. The van der Waals surface area contributed by atoms with E-state index in [0.717, 1.165) is 25.2 Å². The molecule has 0 spiro atoms. The molecule has 0 aromatic heterocycles. The molecule has 0 amide bonds. The van der Waals surface area contributed by atoms with Crippen LogP contribution in [0.1, 0.15) is 72.1 Å². The van der Waals surface area contributed by atoms with Gasteiger partial charge in [-0.05, 0) is 43.4 Å². The SMILES string of the molecule is CC1CCC(C(C)C)C(O)C1.OC1CCCCC1. The van der Waals surface area contributed by atoms with Crippen LogP contribution >= 0.6 is 0 Å². The van der Waals surface area contributed by atoms with Crippen LogP contribution in [0.5, 0.6) is 0 Å². The van der Waals surface area contributed by atoms with Crippen LogP contribution in [0.15, 0.2) is 0 Å². The van der Waals surface area contributed by atoms with E-state index in [1.807, 2.05) is 0 Å². The van der Waals surface area contributed by atoms with E-state index in [1.165, 1.54) is 32.1 Å². The summed E-state index contributed by atoms with van der Waals surface area (Å²) in [5.41, 5.74) is 0. The molecule has 0 radical (unpaired) electrons. The highest BCUT2D eigenvalue weighted by Crippen LogP contribution is 2.33. The Hall–Kier alpha value is -0.0800. The monoisotopic (exact) mass is 256 g/mol. The van der Waals surface area contributed by atoms with Crippen molar-refractivity contribution in [2.24, 2.45) is 17.8 Å². The lowest BCUT2D eigenvalue weighted by atomic mass is 9.75. The molecule has 108 valence electrons. The lowest BCUT2D eigenvalue weighted by Crippen LogP contribution is -2.31. The van der Waals surface area contributed by atoms with Crippen molar-refractivity contribution in [1.82, 2.24) is 0 Å². The second-order valence-corrected chi connectivity index (χ2v) is 6.69. The van der Waals surface area contributed by atoms with Crippen LogP contribution in [-0.4, -0.2) is 22.4 Å². The van der Waals surface area contributed by atoms with Crippen LogP contribution in [0.25, 0.3) is 0 Å². The van der Waals surface area contributed by atoms with Crippen molar-refractivity contribution in [1.29, 1.82) is 0 Å². The first-order valence-corrected chi connectivity index (χ1v) is 7.86. The standard InChI is InChI=1S/C10H20O.C6H12O/c1-7(2)9-5-4-8(3)6-10(9)11;7-6-4-2-1-3-5-6/h7-11H,4-6H2,1-3H3;6-7H,1-5H2. The molecular formula is C16H32O2. The van der Waals surface area contributed by atoms with E-state index in [4.69, 9.17) is 5.11 Å². The molecule has 3 unspecified atom stereocenters. The van der Waals surface area contributed by atoms with E-state index >= 15 is 0 Å². The zero-order chi connectivity index (χ0) is 13.5. The Bertz CT molecular complexity index is 209. The summed E-state index contributed by atoms with van der Waals surface area (Å²) in [6.45, 7) is 6.66. The molecule has 0 aromatic rings. The molecule has 0 bridgehead atoms. The van der Waals surface area contributed by atoms with Crippen LogP contribution < -0.4 is 0 Å². The van der Waals surface area contributed by atoms with Gasteiger partial charge < -0.3 is 10.2 Å². The largest absolute Gasteiger partial charge is 0.393 e. The van der Waals surface area contributed by atoms with Gasteiger partial charge in [-0.1, -0.05) is 46.5 Å².